The van der Waals surface area contributed by atoms with E-state index in [-0.39, 0.29) is 5.97 Å². The number of ether oxygens (including phenoxy) is 2. The van der Waals surface area contributed by atoms with Gasteiger partial charge in [-0.2, -0.15) is 0 Å². The molecule has 0 heterocycles. The van der Waals surface area contributed by atoms with E-state index in [1.165, 1.54) is 0 Å². The van der Waals surface area contributed by atoms with Gasteiger partial charge in [-0.3, -0.25) is 0 Å². The van der Waals surface area contributed by atoms with E-state index in [9.17, 15) is 4.79 Å². The van der Waals surface area contributed by atoms with Crippen molar-refractivity contribution in [2.45, 2.75) is 40.2 Å². The zero-order valence-corrected chi connectivity index (χ0v) is 11.2. The first-order valence-corrected chi connectivity index (χ1v) is 5.81. The average molecular weight is 236 g/mol. The molecule has 0 bridgehead atoms. The van der Waals surface area contributed by atoms with Crippen LogP contribution >= 0.6 is 0 Å². The Morgan fingerprint density at radius 1 is 1.29 bits per heavy atom. The molecule has 0 spiro atoms. The summed E-state index contributed by atoms with van der Waals surface area (Å²) < 4.78 is 10.8. The zero-order chi connectivity index (χ0) is 13.1. The van der Waals surface area contributed by atoms with Crippen LogP contribution in [0.4, 0.5) is 0 Å². The average Bonchev–Trinajstić information content (AvgIpc) is 2.18. The van der Waals surface area contributed by atoms with Crippen LogP contribution < -0.4 is 4.74 Å². The molecule has 0 unspecified atom stereocenters. The number of aryl methyl sites for hydroxylation is 1. The Morgan fingerprint density at radius 3 is 2.47 bits per heavy atom. The van der Waals surface area contributed by atoms with E-state index >= 15 is 0 Å². The van der Waals surface area contributed by atoms with Crippen molar-refractivity contribution in [1.29, 1.82) is 0 Å². The summed E-state index contributed by atoms with van der Waals surface area (Å²) in [6.07, 6.45) is 0. The molecule has 0 fully saturated rings. The lowest BCUT2D eigenvalue weighted by atomic mass is 10.1. The molecule has 94 valence electrons. The lowest BCUT2D eigenvalue weighted by molar-refractivity contribution is 0.00658. The van der Waals surface area contributed by atoms with E-state index in [1.807, 2.05) is 46.8 Å². The van der Waals surface area contributed by atoms with E-state index in [0.29, 0.717) is 17.9 Å². The van der Waals surface area contributed by atoms with Gasteiger partial charge in [-0.1, -0.05) is 12.1 Å². The normalized spacial score (nSPS) is 11.1. The molecule has 1 aromatic carbocycles. The Kier molecular flexibility index (Phi) is 4.16. The third kappa shape index (κ3) is 3.77. The van der Waals surface area contributed by atoms with Crippen LogP contribution in [0.3, 0.4) is 0 Å². The minimum atomic E-state index is -0.496. The SMILES string of the molecule is CCOc1c(C)cccc1C(=O)OC(C)(C)C. The van der Waals surface area contributed by atoms with E-state index in [0.717, 1.165) is 5.56 Å². The van der Waals surface area contributed by atoms with Gasteiger partial charge in [0.1, 0.15) is 16.9 Å². The number of rotatable bonds is 3. The van der Waals surface area contributed by atoms with Crippen molar-refractivity contribution in [2.75, 3.05) is 6.61 Å². The molecule has 0 aliphatic rings. The number of benzene rings is 1. The first-order chi connectivity index (χ1) is 7.85. The molecular formula is C14H20O3. The molecule has 1 aromatic rings. The van der Waals surface area contributed by atoms with E-state index < -0.39 is 5.60 Å². The fraction of sp³-hybridized carbons (Fsp3) is 0.500. The predicted molar refractivity (Wildman–Crippen MR) is 67.5 cm³/mol. The first kappa shape index (κ1) is 13.6. The second kappa shape index (κ2) is 5.21. The molecule has 0 aliphatic carbocycles. The molecule has 1 rings (SSSR count). The molecule has 0 N–H and O–H groups in total. The summed E-state index contributed by atoms with van der Waals surface area (Å²) in [6.45, 7) is 9.88. The maximum atomic E-state index is 12.0. The highest BCUT2D eigenvalue weighted by Gasteiger charge is 2.21. The summed E-state index contributed by atoms with van der Waals surface area (Å²) in [6, 6.07) is 5.47. The molecule has 0 amide bonds. The number of para-hydroxylation sites is 1. The van der Waals surface area contributed by atoms with Gasteiger partial charge in [0, 0.05) is 0 Å². The highest BCUT2D eigenvalue weighted by molar-refractivity contribution is 5.93. The van der Waals surface area contributed by atoms with Gasteiger partial charge in [0.05, 0.1) is 6.61 Å². The van der Waals surface area contributed by atoms with Gasteiger partial charge in [-0.25, -0.2) is 4.79 Å². The van der Waals surface area contributed by atoms with Crippen LogP contribution in [0.1, 0.15) is 43.6 Å². The monoisotopic (exact) mass is 236 g/mol. The van der Waals surface area contributed by atoms with Gasteiger partial charge >= 0.3 is 5.97 Å². The molecule has 0 aromatic heterocycles. The van der Waals surface area contributed by atoms with Crippen LogP contribution in [0.5, 0.6) is 5.75 Å². The Hall–Kier alpha value is -1.51. The van der Waals surface area contributed by atoms with Crippen LogP contribution in [-0.2, 0) is 4.74 Å². The summed E-state index contributed by atoms with van der Waals surface area (Å²) in [4.78, 5) is 12.0. The Bertz CT molecular complexity index is 402. The summed E-state index contributed by atoms with van der Waals surface area (Å²) >= 11 is 0. The number of hydrogen-bond donors (Lipinski definition) is 0. The lowest BCUT2D eigenvalue weighted by Crippen LogP contribution is -2.24. The minimum Gasteiger partial charge on any atom is -0.493 e. The maximum absolute atomic E-state index is 12.0. The van der Waals surface area contributed by atoms with Crippen molar-refractivity contribution >= 4 is 5.97 Å². The zero-order valence-electron chi connectivity index (χ0n) is 11.2. The number of carbonyl (C=O) groups excluding carboxylic acids is 1. The predicted octanol–water partition coefficient (Wildman–Crippen LogP) is 3.35. The van der Waals surface area contributed by atoms with Gasteiger partial charge in [0.25, 0.3) is 0 Å². The van der Waals surface area contributed by atoms with E-state index in [2.05, 4.69) is 0 Å². The van der Waals surface area contributed by atoms with Gasteiger partial charge in [0.15, 0.2) is 0 Å². The number of esters is 1. The van der Waals surface area contributed by atoms with E-state index in [1.54, 1.807) is 6.07 Å². The minimum absolute atomic E-state index is 0.343. The molecule has 0 atom stereocenters. The van der Waals surface area contributed by atoms with Gasteiger partial charge < -0.3 is 9.47 Å². The summed E-state index contributed by atoms with van der Waals surface area (Å²) in [7, 11) is 0. The van der Waals surface area contributed by atoms with Gasteiger partial charge in [-0.15, -0.1) is 0 Å². The second-order valence-electron chi connectivity index (χ2n) is 4.89. The molecule has 3 heteroatoms. The van der Waals surface area contributed by atoms with Crippen molar-refractivity contribution in [1.82, 2.24) is 0 Å². The van der Waals surface area contributed by atoms with Crippen LogP contribution in [-0.4, -0.2) is 18.2 Å². The Morgan fingerprint density at radius 2 is 1.94 bits per heavy atom. The van der Waals surface area contributed by atoms with Crippen molar-refractivity contribution in [3.8, 4) is 5.75 Å². The highest BCUT2D eigenvalue weighted by atomic mass is 16.6. The van der Waals surface area contributed by atoms with Gasteiger partial charge in [-0.05, 0) is 46.2 Å². The lowest BCUT2D eigenvalue weighted by Gasteiger charge is -2.21. The summed E-state index contributed by atoms with van der Waals surface area (Å²) in [5.41, 5.74) is 0.932. The van der Waals surface area contributed by atoms with Crippen molar-refractivity contribution in [3.05, 3.63) is 29.3 Å². The smallest absolute Gasteiger partial charge is 0.342 e. The topological polar surface area (TPSA) is 35.5 Å². The fourth-order valence-electron chi connectivity index (χ4n) is 1.48. The molecule has 0 saturated heterocycles. The third-order valence-electron chi connectivity index (χ3n) is 2.12. The molecule has 3 nitrogen and oxygen atoms in total. The standard InChI is InChI=1S/C14H20O3/c1-6-16-12-10(2)8-7-9-11(12)13(15)17-14(3,4)5/h7-9H,6H2,1-5H3. The van der Waals surface area contributed by atoms with Crippen LogP contribution in [0.25, 0.3) is 0 Å². The molecule has 0 radical (unpaired) electrons. The van der Waals surface area contributed by atoms with Crippen molar-refractivity contribution in [2.24, 2.45) is 0 Å². The Labute approximate surface area is 103 Å². The van der Waals surface area contributed by atoms with Crippen LogP contribution in [0.2, 0.25) is 0 Å². The third-order valence-corrected chi connectivity index (χ3v) is 2.12. The van der Waals surface area contributed by atoms with E-state index in [4.69, 9.17) is 9.47 Å². The summed E-state index contributed by atoms with van der Waals surface area (Å²) in [5.74, 6) is 0.272. The molecule has 0 aliphatic heterocycles. The second-order valence-corrected chi connectivity index (χ2v) is 4.89. The maximum Gasteiger partial charge on any atom is 0.342 e. The van der Waals surface area contributed by atoms with Crippen molar-refractivity contribution < 1.29 is 14.3 Å². The fourth-order valence-corrected chi connectivity index (χ4v) is 1.48. The number of hydrogen-bond acceptors (Lipinski definition) is 3. The highest BCUT2D eigenvalue weighted by Crippen LogP contribution is 2.25. The molecule has 17 heavy (non-hydrogen) atoms. The summed E-state index contributed by atoms with van der Waals surface area (Å²) in [5, 5.41) is 0. The number of carbonyl (C=O) groups is 1. The van der Waals surface area contributed by atoms with Crippen LogP contribution in [0.15, 0.2) is 18.2 Å². The first-order valence-electron chi connectivity index (χ1n) is 5.81. The van der Waals surface area contributed by atoms with Gasteiger partial charge in [0.2, 0.25) is 0 Å². The largest absolute Gasteiger partial charge is 0.493 e. The molecule has 0 saturated carbocycles. The molecular weight excluding hydrogens is 216 g/mol. The van der Waals surface area contributed by atoms with Crippen LogP contribution in [0, 0.1) is 6.92 Å². The van der Waals surface area contributed by atoms with Crippen molar-refractivity contribution in [3.63, 3.8) is 0 Å². The Balaban J connectivity index is 3.04. The quantitative estimate of drug-likeness (QED) is 0.755.